The largest absolute Gasteiger partial charge is 0.350 e. The summed E-state index contributed by atoms with van der Waals surface area (Å²) in [5.41, 5.74) is -3.05. The number of nitro benzene ring substituents is 2. The predicted molar refractivity (Wildman–Crippen MR) is 86.3 cm³/mol. The van der Waals surface area contributed by atoms with Gasteiger partial charge in [-0.15, -0.1) is 0 Å². The molecule has 0 N–H and O–H groups in total. The number of nitrogens with zero attached hydrogens (tertiary/aromatic N) is 2. The lowest BCUT2D eigenvalue weighted by atomic mass is 9.59. The first kappa shape index (κ1) is 19.0. The Balaban J connectivity index is 0.00000264. The molecule has 1 aliphatic carbocycles. The molecule has 2 rings (SSSR count). The second-order valence-electron chi connectivity index (χ2n) is 7.37. The molecular weight excluding hydrogens is 303 g/mol. The van der Waals surface area contributed by atoms with Crippen molar-refractivity contribution < 1.29 is 14.2 Å². The van der Waals surface area contributed by atoms with Crippen LogP contribution in [0, 0.1) is 31.5 Å². The van der Waals surface area contributed by atoms with Gasteiger partial charge in [0.25, 0.3) is 0 Å². The number of rotatable bonds is 2. The second kappa shape index (κ2) is 4.97. The van der Waals surface area contributed by atoms with E-state index in [1.807, 2.05) is 27.7 Å². The lowest BCUT2D eigenvalue weighted by molar-refractivity contribution is -0.423. The van der Waals surface area contributed by atoms with Crippen molar-refractivity contribution in [3.05, 3.63) is 43.2 Å². The van der Waals surface area contributed by atoms with Gasteiger partial charge < -0.3 is 0 Å². The normalized spacial score (nSPS) is 19.6. The molecule has 23 heavy (non-hydrogen) atoms. The molecule has 0 radical (unpaired) electrons. The van der Waals surface area contributed by atoms with Crippen LogP contribution in [-0.2, 0) is 10.8 Å². The summed E-state index contributed by atoms with van der Waals surface area (Å²) in [6, 6.07) is 0.677. The average Bonchev–Trinajstić information content (AvgIpc) is 2.45. The van der Waals surface area contributed by atoms with Gasteiger partial charge in [-0.1, -0.05) is 49.0 Å². The Kier molecular flexibility index (Phi) is 4.11. The molecule has 1 aliphatic rings. The highest BCUT2D eigenvalue weighted by atomic mass is 19.1. The summed E-state index contributed by atoms with van der Waals surface area (Å²) < 4.78 is 14.6. The third-order valence-electron chi connectivity index (χ3n) is 5.99. The zero-order chi connectivity index (χ0) is 17.2. The minimum absolute atomic E-state index is 0. The molecule has 0 bridgehead atoms. The number of hydrogen-bond acceptors (Lipinski definition) is 4. The second-order valence-corrected chi connectivity index (χ2v) is 7.37. The van der Waals surface area contributed by atoms with E-state index >= 15 is 0 Å². The summed E-state index contributed by atoms with van der Waals surface area (Å²) in [6.07, 6.45) is 0. The smallest absolute Gasteiger partial charge is 0.258 e. The SMILES string of the molecule is C.CC1(C)c2c(F)cc([N+](=O)[O-])c([N+](=O)[O-])c2C(C)(C)C1(C)C. The Bertz CT molecular complexity index is 709. The molecule has 0 saturated carbocycles. The standard InChI is InChI=1S/C15H19FN2O4.CH4/c1-13(2)10-8(16)7-9(17(19)20)12(18(21)22)11(10)14(3,4)15(13,5)6;/h7H,1-6H3;1H4. The van der Waals surface area contributed by atoms with E-state index in [9.17, 15) is 24.6 Å². The van der Waals surface area contributed by atoms with Gasteiger partial charge >= 0.3 is 11.4 Å². The number of halogens is 1. The van der Waals surface area contributed by atoms with Crippen molar-refractivity contribution in [2.45, 2.75) is 59.8 Å². The maximum Gasteiger partial charge on any atom is 0.350 e. The van der Waals surface area contributed by atoms with E-state index in [-0.39, 0.29) is 18.6 Å². The maximum absolute atomic E-state index is 14.6. The van der Waals surface area contributed by atoms with Gasteiger partial charge in [-0.3, -0.25) is 20.2 Å². The lowest BCUT2D eigenvalue weighted by Gasteiger charge is -2.44. The van der Waals surface area contributed by atoms with Gasteiger partial charge in [0, 0.05) is 11.0 Å². The molecule has 128 valence electrons. The van der Waals surface area contributed by atoms with E-state index in [0.29, 0.717) is 6.07 Å². The van der Waals surface area contributed by atoms with Gasteiger partial charge in [0.15, 0.2) is 0 Å². The van der Waals surface area contributed by atoms with E-state index in [1.165, 1.54) is 0 Å². The van der Waals surface area contributed by atoms with Crippen molar-refractivity contribution in [3.63, 3.8) is 0 Å². The topological polar surface area (TPSA) is 86.3 Å². The molecule has 0 heterocycles. The van der Waals surface area contributed by atoms with Gasteiger partial charge in [-0.2, -0.15) is 0 Å². The quantitative estimate of drug-likeness (QED) is 0.573. The van der Waals surface area contributed by atoms with Crippen LogP contribution in [0.3, 0.4) is 0 Å². The van der Waals surface area contributed by atoms with E-state index in [4.69, 9.17) is 0 Å². The van der Waals surface area contributed by atoms with Gasteiger partial charge in [0.2, 0.25) is 0 Å². The van der Waals surface area contributed by atoms with Gasteiger partial charge in [0.05, 0.1) is 21.5 Å². The Morgan fingerprint density at radius 3 is 1.74 bits per heavy atom. The van der Waals surface area contributed by atoms with Crippen molar-refractivity contribution in [1.29, 1.82) is 0 Å². The van der Waals surface area contributed by atoms with Crippen LogP contribution in [0.1, 0.15) is 60.1 Å². The van der Waals surface area contributed by atoms with Gasteiger partial charge in [-0.05, 0) is 10.8 Å². The van der Waals surface area contributed by atoms with Crippen LogP contribution in [0.2, 0.25) is 0 Å². The Hall–Kier alpha value is -2.05. The number of benzene rings is 1. The van der Waals surface area contributed by atoms with Crippen LogP contribution in [0.25, 0.3) is 0 Å². The van der Waals surface area contributed by atoms with Crippen molar-refractivity contribution in [1.82, 2.24) is 0 Å². The fourth-order valence-electron chi connectivity index (χ4n) is 3.58. The molecule has 1 aromatic rings. The molecule has 0 spiro atoms. The minimum atomic E-state index is -0.893. The molecule has 0 aromatic heterocycles. The van der Waals surface area contributed by atoms with Crippen LogP contribution in [-0.4, -0.2) is 9.85 Å². The molecule has 0 amide bonds. The maximum atomic E-state index is 14.6. The first-order valence-corrected chi connectivity index (χ1v) is 6.94. The molecule has 1 aromatic carbocycles. The third kappa shape index (κ3) is 2.05. The Labute approximate surface area is 135 Å². The fraction of sp³-hybridized carbons (Fsp3) is 0.625. The van der Waals surface area contributed by atoms with Crippen molar-refractivity contribution >= 4 is 11.4 Å². The monoisotopic (exact) mass is 326 g/mol. The van der Waals surface area contributed by atoms with Crippen LogP contribution in [0.15, 0.2) is 6.07 Å². The Morgan fingerprint density at radius 2 is 1.35 bits per heavy atom. The highest BCUT2D eigenvalue weighted by molar-refractivity contribution is 5.68. The van der Waals surface area contributed by atoms with E-state index in [1.54, 1.807) is 13.8 Å². The predicted octanol–water partition coefficient (Wildman–Crippen LogP) is 4.87. The van der Waals surface area contributed by atoms with Crippen LogP contribution >= 0.6 is 0 Å². The number of fused-ring (bicyclic) bond motifs is 1. The zero-order valence-electron chi connectivity index (χ0n) is 13.5. The van der Waals surface area contributed by atoms with Crippen LogP contribution < -0.4 is 0 Å². The average molecular weight is 326 g/mol. The van der Waals surface area contributed by atoms with Crippen LogP contribution in [0.5, 0.6) is 0 Å². The lowest BCUT2D eigenvalue weighted by Crippen LogP contribution is -2.42. The number of hydrogen-bond donors (Lipinski definition) is 0. The summed E-state index contributed by atoms with van der Waals surface area (Å²) >= 11 is 0. The summed E-state index contributed by atoms with van der Waals surface area (Å²) in [7, 11) is 0. The summed E-state index contributed by atoms with van der Waals surface area (Å²) in [5.74, 6) is -0.754. The molecule has 0 saturated heterocycles. The van der Waals surface area contributed by atoms with Gasteiger partial charge in [0.1, 0.15) is 5.82 Å². The first-order chi connectivity index (χ1) is 9.78. The highest BCUT2D eigenvalue weighted by Crippen LogP contribution is 2.64. The molecule has 0 unspecified atom stereocenters. The van der Waals surface area contributed by atoms with Gasteiger partial charge in [-0.25, -0.2) is 4.39 Å². The molecule has 6 nitrogen and oxygen atoms in total. The summed E-state index contributed by atoms with van der Waals surface area (Å²) in [4.78, 5) is 21.0. The first-order valence-electron chi connectivity index (χ1n) is 6.94. The molecule has 0 aliphatic heterocycles. The number of nitro groups is 2. The van der Waals surface area contributed by atoms with Crippen molar-refractivity contribution in [2.75, 3.05) is 0 Å². The van der Waals surface area contributed by atoms with E-state index in [2.05, 4.69) is 0 Å². The van der Waals surface area contributed by atoms with E-state index < -0.39 is 43.3 Å². The molecule has 7 heteroatoms. The van der Waals surface area contributed by atoms with Crippen LogP contribution in [0.4, 0.5) is 15.8 Å². The molecule has 0 fully saturated rings. The molecule has 0 atom stereocenters. The highest BCUT2D eigenvalue weighted by Gasteiger charge is 2.62. The van der Waals surface area contributed by atoms with E-state index in [0.717, 1.165) is 0 Å². The molecular formula is C16H23FN2O4. The fourth-order valence-corrected chi connectivity index (χ4v) is 3.58. The van der Waals surface area contributed by atoms with Crippen molar-refractivity contribution in [2.24, 2.45) is 5.41 Å². The summed E-state index contributed by atoms with van der Waals surface area (Å²) in [5, 5.41) is 22.6. The zero-order valence-corrected chi connectivity index (χ0v) is 13.5. The minimum Gasteiger partial charge on any atom is -0.258 e. The summed E-state index contributed by atoms with van der Waals surface area (Å²) in [6.45, 7) is 11.0. The Morgan fingerprint density at radius 1 is 0.913 bits per heavy atom. The third-order valence-corrected chi connectivity index (χ3v) is 5.99. The van der Waals surface area contributed by atoms with Crippen molar-refractivity contribution in [3.8, 4) is 0 Å².